The third-order valence-corrected chi connectivity index (χ3v) is 8.34. The normalized spacial score (nSPS) is 31.8. The van der Waals surface area contributed by atoms with Crippen molar-refractivity contribution in [3.63, 3.8) is 0 Å². The Morgan fingerprint density at radius 1 is 1.42 bits per heavy atom. The van der Waals surface area contributed by atoms with Crippen molar-refractivity contribution >= 4 is 48.2 Å². The van der Waals surface area contributed by atoms with Crippen molar-refractivity contribution in [2.75, 3.05) is 13.6 Å². The molecule has 4 amide bonds. The molecule has 0 saturated carbocycles. The average molecular weight is 473 g/mol. The maximum Gasteiger partial charge on any atom is 0.353 e. The zero-order valence-corrected chi connectivity index (χ0v) is 19.2. The number of carboxylic acids is 1. The first-order valence-corrected chi connectivity index (χ1v) is 11.5. The topological polar surface area (TPSA) is 153 Å². The Morgan fingerprint density at radius 2 is 2.06 bits per heavy atom. The molecule has 172 valence electrons. The van der Waals surface area contributed by atoms with Crippen molar-refractivity contribution in [1.82, 2.24) is 15.1 Å². The Hall–Kier alpha value is -1.76. The SMILES string of the molecule is C[C@@H](O)[C@H]1C(=O)N2C(C(=O)O)=C(S[C@@H]3CN[C@H](C(S)CC(=O)N(C)C(N)=O)C3)[C@H](C)[C@H]12. The van der Waals surface area contributed by atoms with Crippen molar-refractivity contribution in [1.29, 1.82) is 0 Å². The number of nitrogens with zero attached hydrogens (tertiary/aromatic N) is 2. The van der Waals surface area contributed by atoms with E-state index in [9.17, 15) is 29.4 Å². The molecule has 3 heterocycles. The number of β-lactam (4-membered cyclic amide) rings is 1. The molecule has 0 bridgehead atoms. The summed E-state index contributed by atoms with van der Waals surface area (Å²) < 4.78 is 0. The summed E-state index contributed by atoms with van der Waals surface area (Å²) in [6.07, 6.45) is -0.153. The third kappa shape index (κ3) is 4.30. The van der Waals surface area contributed by atoms with E-state index in [0.29, 0.717) is 17.9 Å². The van der Waals surface area contributed by atoms with E-state index in [1.54, 1.807) is 6.92 Å². The Bertz CT molecular complexity index is 834. The van der Waals surface area contributed by atoms with Crippen LogP contribution < -0.4 is 11.1 Å². The molecule has 0 aromatic heterocycles. The third-order valence-electron chi connectivity index (χ3n) is 6.28. The van der Waals surface area contributed by atoms with E-state index in [0.717, 1.165) is 4.90 Å². The number of fused-ring (bicyclic) bond motifs is 1. The number of carboxylic acid groups (broad SMARTS) is 1. The maximum absolute atomic E-state index is 12.4. The summed E-state index contributed by atoms with van der Waals surface area (Å²) in [4.78, 5) is 50.4. The molecule has 12 heteroatoms. The second-order valence-electron chi connectivity index (χ2n) is 8.32. The summed E-state index contributed by atoms with van der Waals surface area (Å²) in [7, 11) is 1.32. The zero-order valence-electron chi connectivity index (χ0n) is 17.5. The fourth-order valence-corrected chi connectivity index (χ4v) is 6.43. The van der Waals surface area contributed by atoms with Crippen LogP contribution in [-0.4, -0.2) is 86.1 Å². The highest BCUT2D eigenvalue weighted by atomic mass is 32.2. The number of aliphatic hydroxyl groups excluding tert-OH is 1. The fraction of sp³-hybridized carbons (Fsp3) is 0.684. The number of nitrogens with two attached hydrogens (primary N) is 1. The Morgan fingerprint density at radius 3 is 2.61 bits per heavy atom. The van der Waals surface area contributed by atoms with Gasteiger partial charge >= 0.3 is 12.0 Å². The zero-order chi connectivity index (χ0) is 23.2. The molecular formula is C19H28N4O6S2. The standard InChI is InChI=1S/C19H28N4O6S2/c1-7-14-13(8(2)24)17(26)23(14)15(18(27)28)16(7)31-9-4-10(21-6-9)11(30)5-12(25)22(3)19(20)29/h7-11,13-14,21,24,30H,4-6H2,1-3H3,(H2,20,29)(H,27,28)/t7-,8-,9+,10+,11?,13-,14-/m1/s1. The van der Waals surface area contributed by atoms with E-state index in [-0.39, 0.29) is 46.5 Å². The van der Waals surface area contributed by atoms with Crippen molar-refractivity contribution < 1.29 is 29.4 Å². The minimum atomic E-state index is -1.15. The number of aliphatic hydroxyl groups is 1. The van der Waals surface area contributed by atoms with Gasteiger partial charge in [0.2, 0.25) is 11.8 Å². The van der Waals surface area contributed by atoms with Crippen LogP contribution in [0.15, 0.2) is 10.6 Å². The van der Waals surface area contributed by atoms with Gasteiger partial charge in [-0.05, 0) is 13.3 Å². The molecule has 5 N–H and O–H groups in total. The van der Waals surface area contributed by atoms with Gasteiger partial charge < -0.3 is 26.2 Å². The van der Waals surface area contributed by atoms with E-state index in [1.807, 2.05) is 6.92 Å². The predicted octanol–water partition coefficient (Wildman–Crippen LogP) is -0.171. The molecule has 0 spiro atoms. The number of aliphatic carboxylic acids is 1. The summed E-state index contributed by atoms with van der Waals surface area (Å²) in [5, 5.41) is 22.7. The number of primary amides is 1. The van der Waals surface area contributed by atoms with Gasteiger partial charge in [0.05, 0.1) is 18.1 Å². The monoisotopic (exact) mass is 472 g/mol. The maximum atomic E-state index is 12.4. The summed E-state index contributed by atoms with van der Waals surface area (Å²) >= 11 is 5.94. The number of nitrogens with one attached hydrogen (secondary N) is 1. The van der Waals surface area contributed by atoms with Gasteiger partial charge in [0, 0.05) is 47.4 Å². The number of imide groups is 1. The number of carbonyl (C=O) groups excluding carboxylic acids is 3. The minimum absolute atomic E-state index is 0.00790. The number of hydrogen-bond donors (Lipinski definition) is 5. The minimum Gasteiger partial charge on any atom is -0.477 e. The first-order chi connectivity index (χ1) is 14.5. The van der Waals surface area contributed by atoms with Crippen molar-refractivity contribution in [2.45, 2.75) is 55.4 Å². The van der Waals surface area contributed by atoms with Crippen LogP contribution in [-0.2, 0) is 14.4 Å². The van der Waals surface area contributed by atoms with Crippen LogP contribution in [0.25, 0.3) is 0 Å². The number of carbonyl (C=O) groups is 4. The Labute approximate surface area is 190 Å². The quantitative estimate of drug-likeness (QED) is 0.253. The van der Waals surface area contributed by atoms with Crippen molar-refractivity contribution in [3.05, 3.63) is 10.6 Å². The lowest BCUT2D eigenvalue weighted by Gasteiger charge is -2.46. The Kier molecular flexibility index (Phi) is 6.94. The van der Waals surface area contributed by atoms with E-state index in [1.165, 1.54) is 23.7 Å². The number of rotatable bonds is 7. The molecule has 3 rings (SSSR count). The smallest absolute Gasteiger partial charge is 0.353 e. The number of hydrogen-bond acceptors (Lipinski definition) is 8. The molecular weight excluding hydrogens is 444 g/mol. The van der Waals surface area contributed by atoms with Gasteiger partial charge in [-0.15, -0.1) is 11.8 Å². The van der Waals surface area contributed by atoms with Gasteiger partial charge in [-0.2, -0.15) is 12.6 Å². The van der Waals surface area contributed by atoms with Crippen LogP contribution in [0, 0.1) is 11.8 Å². The fourth-order valence-electron chi connectivity index (χ4n) is 4.55. The summed E-state index contributed by atoms with van der Waals surface area (Å²) in [6.45, 7) is 4.03. The van der Waals surface area contributed by atoms with Crippen LogP contribution in [0.1, 0.15) is 26.7 Å². The van der Waals surface area contributed by atoms with Gasteiger partial charge in [0.1, 0.15) is 5.70 Å². The highest BCUT2D eigenvalue weighted by Crippen LogP contribution is 2.51. The average Bonchev–Trinajstić information content (AvgIpc) is 3.23. The van der Waals surface area contributed by atoms with Gasteiger partial charge in [0.15, 0.2) is 0 Å². The lowest BCUT2D eigenvalue weighted by molar-refractivity contribution is -0.163. The summed E-state index contributed by atoms with van der Waals surface area (Å²) in [5.74, 6) is -2.70. The van der Waals surface area contributed by atoms with E-state index in [2.05, 4.69) is 17.9 Å². The Balaban J connectivity index is 1.66. The van der Waals surface area contributed by atoms with Gasteiger partial charge in [0.25, 0.3) is 0 Å². The number of urea groups is 1. The molecule has 3 aliphatic rings. The van der Waals surface area contributed by atoms with E-state index < -0.39 is 29.9 Å². The molecule has 0 aromatic carbocycles. The highest BCUT2D eigenvalue weighted by molar-refractivity contribution is 8.03. The molecule has 7 atom stereocenters. The van der Waals surface area contributed by atoms with Crippen LogP contribution >= 0.6 is 24.4 Å². The second-order valence-corrected chi connectivity index (χ2v) is 10.3. The molecule has 1 unspecified atom stereocenters. The van der Waals surface area contributed by atoms with Crippen molar-refractivity contribution in [3.8, 4) is 0 Å². The lowest BCUT2D eigenvalue weighted by Crippen LogP contribution is -2.63. The van der Waals surface area contributed by atoms with Gasteiger partial charge in [-0.3, -0.25) is 14.5 Å². The molecule has 31 heavy (non-hydrogen) atoms. The molecule has 2 saturated heterocycles. The summed E-state index contributed by atoms with van der Waals surface area (Å²) in [5.41, 5.74) is 5.13. The first kappa shape index (κ1) is 23.9. The van der Waals surface area contributed by atoms with Crippen LogP contribution in [0.2, 0.25) is 0 Å². The molecule has 0 aliphatic carbocycles. The molecule has 2 fully saturated rings. The van der Waals surface area contributed by atoms with E-state index in [4.69, 9.17) is 5.73 Å². The van der Waals surface area contributed by atoms with Crippen LogP contribution in [0.5, 0.6) is 0 Å². The van der Waals surface area contributed by atoms with Crippen LogP contribution in [0.3, 0.4) is 0 Å². The highest BCUT2D eigenvalue weighted by Gasteiger charge is 2.60. The lowest BCUT2D eigenvalue weighted by atomic mass is 9.79. The van der Waals surface area contributed by atoms with E-state index >= 15 is 0 Å². The number of thioether (sulfide) groups is 1. The van der Waals surface area contributed by atoms with Crippen molar-refractivity contribution in [2.24, 2.45) is 17.6 Å². The molecule has 0 aromatic rings. The number of thiol groups is 1. The van der Waals surface area contributed by atoms with Gasteiger partial charge in [-0.25, -0.2) is 9.59 Å². The molecule has 10 nitrogen and oxygen atoms in total. The second kappa shape index (κ2) is 9.00. The number of amides is 4. The largest absolute Gasteiger partial charge is 0.477 e. The molecule has 3 aliphatic heterocycles. The summed E-state index contributed by atoms with van der Waals surface area (Å²) in [6, 6.07) is -1.26. The first-order valence-electron chi connectivity index (χ1n) is 10.1. The predicted molar refractivity (Wildman–Crippen MR) is 117 cm³/mol. The van der Waals surface area contributed by atoms with Gasteiger partial charge in [-0.1, -0.05) is 6.92 Å². The molecule has 0 radical (unpaired) electrons. The van der Waals surface area contributed by atoms with Crippen LogP contribution in [0.4, 0.5) is 4.79 Å².